The summed E-state index contributed by atoms with van der Waals surface area (Å²) in [6, 6.07) is 11.0. The fourth-order valence-corrected chi connectivity index (χ4v) is 3.30. The number of hydrogen-bond acceptors (Lipinski definition) is 8. The van der Waals surface area contributed by atoms with Gasteiger partial charge in [-0.3, -0.25) is 4.79 Å². The number of methoxy groups -OCH3 is 1. The summed E-state index contributed by atoms with van der Waals surface area (Å²) in [5, 5.41) is 14.4. The van der Waals surface area contributed by atoms with E-state index in [4.69, 9.17) is 18.4 Å². The van der Waals surface area contributed by atoms with Gasteiger partial charge in [0, 0.05) is 17.3 Å². The fourth-order valence-electron chi connectivity index (χ4n) is 3.30. The third kappa shape index (κ3) is 5.15. The van der Waals surface area contributed by atoms with E-state index >= 15 is 0 Å². The summed E-state index contributed by atoms with van der Waals surface area (Å²) in [4.78, 5) is 12.5. The van der Waals surface area contributed by atoms with Crippen LogP contribution >= 0.6 is 0 Å². The Hall–Kier alpha value is -4.40. The second kappa shape index (κ2) is 10.0. The molecule has 2 aromatic heterocycles. The van der Waals surface area contributed by atoms with Crippen molar-refractivity contribution in [1.29, 1.82) is 0 Å². The van der Waals surface area contributed by atoms with E-state index in [2.05, 4.69) is 20.7 Å². The topological polar surface area (TPSA) is 113 Å². The quantitative estimate of drug-likeness (QED) is 0.370. The summed E-state index contributed by atoms with van der Waals surface area (Å²) in [5.41, 5.74) is 4.77. The van der Waals surface area contributed by atoms with Gasteiger partial charge in [-0.05, 0) is 62.2 Å². The largest absolute Gasteiger partial charge is 0.493 e. The van der Waals surface area contributed by atoms with Crippen LogP contribution < -0.4 is 14.8 Å². The zero-order valence-electron chi connectivity index (χ0n) is 19.3. The van der Waals surface area contributed by atoms with Gasteiger partial charge in [-0.2, -0.15) is 0 Å². The van der Waals surface area contributed by atoms with E-state index < -0.39 is 0 Å². The minimum atomic E-state index is -0.275. The third-order valence-corrected chi connectivity index (χ3v) is 5.27. The molecule has 0 fully saturated rings. The van der Waals surface area contributed by atoms with Gasteiger partial charge in [-0.15, -0.1) is 10.2 Å². The van der Waals surface area contributed by atoms with Gasteiger partial charge in [0.05, 0.1) is 18.4 Å². The van der Waals surface area contributed by atoms with Gasteiger partial charge in [-0.25, -0.2) is 0 Å². The van der Waals surface area contributed by atoms with Crippen LogP contribution in [0.5, 0.6) is 11.5 Å². The minimum Gasteiger partial charge on any atom is -0.493 e. The van der Waals surface area contributed by atoms with Gasteiger partial charge >= 0.3 is 0 Å². The average molecular weight is 460 g/mol. The zero-order valence-corrected chi connectivity index (χ0v) is 19.3. The summed E-state index contributed by atoms with van der Waals surface area (Å²) < 4.78 is 21.8. The Morgan fingerprint density at radius 2 is 1.97 bits per heavy atom. The smallest absolute Gasteiger partial charge is 0.248 e. The fraction of sp³-hybridized carbons (Fsp3) is 0.200. The number of amides is 1. The molecule has 174 valence electrons. The van der Waals surface area contributed by atoms with Gasteiger partial charge in [0.15, 0.2) is 11.5 Å². The summed E-state index contributed by atoms with van der Waals surface area (Å²) in [7, 11) is 1.57. The van der Waals surface area contributed by atoms with E-state index in [0.29, 0.717) is 29.7 Å². The zero-order chi connectivity index (χ0) is 24.1. The Morgan fingerprint density at radius 3 is 2.68 bits per heavy atom. The molecule has 9 heteroatoms. The number of benzene rings is 2. The van der Waals surface area contributed by atoms with Crippen LogP contribution in [0, 0.1) is 20.8 Å². The third-order valence-electron chi connectivity index (χ3n) is 5.27. The molecular weight excluding hydrogens is 436 g/mol. The molecule has 0 saturated carbocycles. The molecule has 0 radical (unpaired) electrons. The number of nitrogens with zero attached hydrogens (tertiary/aromatic N) is 3. The van der Waals surface area contributed by atoms with Crippen molar-refractivity contribution >= 4 is 17.7 Å². The lowest BCUT2D eigenvalue weighted by Gasteiger charge is -2.11. The van der Waals surface area contributed by atoms with Crippen LogP contribution in [0.1, 0.15) is 28.1 Å². The molecule has 1 N–H and O–H groups in total. The minimum absolute atomic E-state index is 0.275. The molecule has 0 spiro atoms. The highest BCUT2D eigenvalue weighted by atomic mass is 16.5. The first-order valence-corrected chi connectivity index (χ1v) is 10.5. The Balaban J connectivity index is 1.43. The summed E-state index contributed by atoms with van der Waals surface area (Å²) in [6.45, 7) is 5.94. The molecule has 0 atom stereocenters. The first-order valence-electron chi connectivity index (χ1n) is 10.5. The average Bonchev–Trinajstić information content (AvgIpc) is 3.48. The van der Waals surface area contributed by atoms with E-state index in [1.165, 1.54) is 12.5 Å². The second-order valence-corrected chi connectivity index (χ2v) is 7.60. The van der Waals surface area contributed by atoms with Crippen molar-refractivity contribution in [2.45, 2.75) is 27.4 Å². The molecule has 9 nitrogen and oxygen atoms in total. The monoisotopic (exact) mass is 460 g/mol. The number of ether oxygens (including phenoxy) is 2. The van der Waals surface area contributed by atoms with Crippen LogP contribution in [-0.4, -0.2) is 28.4 Å². The van der Waals surface area contributed by atoms with Gasteiger partial charge in [-0.1, -0.05) is 17.3 Å². The number of carbonyl (C=O) groups excluding carboxylic acids is 1. The highest BCUT2D eigenvalue weighted by Crippen LogP contribution is 2.30. The first-order chi connectivity index (χ1) is 16.4. The van der Waals surface area contributed by atoms with Gasteiger partial charge < -0.3 is 23.7 Å². The number of carbonyl (C=O) groups is 1. The normalized spacial score (nSPS) is 11.1. The number of nitrogens with one attached hydrogen (secondary N) is 1. The van der Waals surface area contributed by atoms with Gasteiger partial charge in [0.2, 0.25) is 18.2 Å². The molecule has 4 aromatic rings. The summed E-state index contributed by atoms with van der Waals surface area (Å²) in [5.74, 6) is 1.97. The summed E-state index contributed by atoms with van der Waals surface area (Å²) >= 11 is 0. The lowest BCUT2D eigenvalue weighted by atomic mass is 10.1. The van der Waals surface area contributed by atoms with E-state index in [-0.39, 0.29) is 5.91 Å². The number of anilines is 1. The van der Waals surface area contributed by atoms with Gasteiger partial charge in [0.1, 0.15) is 12.4 Å². The maximum absolute atomic E-state index is 12.5. The highest BCUT2D eigenvalue weighted by Gasteiger charge is 2.12. The molecular formula is C25H24N4O5. The van der Waals surface area contributed by atoms with Crippen LogP contribution in [0.25, 0.3) is 17.5 Å². The van der Waals surface area contributed by atoms with Crippen molar-refractivity contribution in [3.63, 3.8) is 0 Å². The van der Waals surface area contributed by atoms with Crippen molar-refractivity contribution in [2.75, 3.05) is 12.4 Å². The molecule has 2 aromatic carbocycles. The molecule has 0 aliphatic carbocycles. The predicted molar refractivity (Wildman–Crippen MR) is 125 cm³/mol. The molecule has 0 bridgehead atoms. The Labute approximate surface area is 196 Å². The van der Waals surface area contributed by atoms with Crippen LogP contribution in [0.3, 0.4) is 0 Å². The van der Waals surface area contributed by atoms with Crippen LogP contribution in [0.4, 0.5) is 5.69 Å². The molecule has 1 amide bonds. The van der Waals surface area contributed by atoms with Crippen molar-refractivity contribution in [3.8, 4) is 23.0 Å². The van der Waals surface area contributed by atoms with E-state index in [1.807, 2.05) is 39.0 Å². The second-order valence-electron chi connectivity index (χ2n) is 7.60. The van der Waals surface area contributed by atoms with Crippen LogP contribution in [-0.2, 0) is 11.4 Å². The van der Waals surface area contributed by atoms with Gasteiger partial charge in [0.25, 0.3) is 0 Å². The molecule has 0 aliphatic rings. The molecule has 0 aliphatic heterocycles. The lowest BCUT2D eigenvalue weighted by molar-refractivity contribution is -0.111. The number of aryl methyl sites for hydroxylation is 3. The standard InChI is InChI=1S/C25H24N4O5/c1-15-5-8-19(25-28-26-14-33-25)12-21(15)27-24(30)10-7-18-6-9-22(23(11-18)31-4)32-13-20-16(2)29-34-17(20)3/h5-12,14H,13H2,1-4H3,(H,27,30)/b10-7+. The SMILES string of the molecule is COc1cc(/C=C/C(=O)Nc2cc(-c3nnco3)ccc2C)ccc1OCc1c(C)noc1C. The van der Waals surface area contributed by atoms with Crippen LogP contribution in [0.15, 0.2) is 57.8 Å². The first kappa shape index (κ1) is 22.8. The predicted octanol–water partition coefficient (Wildman–Crippen LogP) is 4.89. The van der Waals surface area contributed by atoms with E-state index in [0.717, 1.165) is 33.7 Å². The Bertz CT molecular complexity index is 1310. The molecule has 4 rings (SSSR count). The maximum Gasteiger partial charge on any atom is 0.248 e. The van der Waals surface area contributed by atoms with E-state index in [1.54, 1.807) is 31.4 Å². The summed E-state index contributed by atoms with van der Waals surface area (Å²) in [6.07, 6.45) is 4.42. The highest BCUT2D eigenvalue weighted by molar-refractivity contribution is 6.02. The molecule has 0 saturated heterocycles. The molecule has 2 heterocycles. The van der Waals surface area contributed by atoms with Crippen molar-refractivity contribution < 1.29 is 23.2 Å². The number of hydrogen-bond donors (Lipinski definition) is 1. The van der Waals surface area contributed by atoms with E-state index in [9.17, 15) is 4.79 Å². The van der Waals surface area contributed by atoms with Crippen LogP contribution in [0.2, 0.25) is 0 Å². The Morgan fingerprint density at radius 1 is 1.12 bits per heavy atom. The number of rotatable bonds is 8. The molecule has 0 unspecified atom stereocenters. The van der Waals surface area contributed by atoms with Crippen molar-refractivity contribution in [3.05, 3.63) is 77.0 Å². The molecule has 34 heavy (non-hydrogen) atoms. The number of aromatic nitrogens is 3. The maximum atomic E-state index is 12.5. The van der Waals surface area contributed by atoms with Crippen molar-refractivity contribution in [2.24, 2.45) is 0 Å². The van der Waals surface area contributed by atoms with Crippen molar-refractivity contribution in [1.82, 2.24) is 15.4 Å². The lowest BCUT2D eigenvalue weighted by Crippen LogP contribution is -2.09. The Kier molecular flexibility index (Phi) is 6.72.